The van der Waals surface area contributed by atoms with E-state index in [0.717, 1.165) is 0 Å². The Kier molecular flexibility index (Phi) is 2.19. The number of hydrogen-bond acceptors (Lipinski definition) is 2. The third-order valence-electron chi connectivity index (χ3n) is 1.19. The van der Waals surface area contributed by atoms with Gasteiger partial charge in [-0.3, -0.25) is 4.79 Å². The molecule has 0 unspecified atom stereocenters. The highest BCUT2D eigenvalue weighted by molar-refractivity contribution is 6.29. The molecule has 11 heavy (non-hydrogen) atoms. The molecule has 0 bridgehead atoms. The number of furan rings is 1. The highest BCUT2D eigenvalue weighted by Gasteiger charge is 2.11. The molecule has 1 heterocycles. The second-order valence-electron chi connectivity index (χ2n) is 2.30. The molecule has 0 atom stereocenters. The van der Waals surface area contributed by atoms with Crippen molar-refractivity contribution in [3.8, 4) is 0 Å². The Hall–Kier alpha value is -0.960. The molecule has 0 aromatic carbocycles. The average molecular weight is 174 g/mol. The van der Waals surface area contributed by atoms with Crippen LogP contribution in [-0.4, -0.2) is 24.9 Å². The zero-order valence-electron chi connectivity index (χ0n) is 6.30. The topological polar surface area (TPSA) is 33.5 Å². The van der Waals surface area contributed by atoms with E-state index in [1.807, 2.05) is 0 Å². The summed E-state index contributed by atoms with van der Waals surface area (Å²) in [5.74, 6) is 0.0805. The third kappa shape index (κ3) is 1.74. The second-order valence-corrected chi connectivity index (χ2v) is 2.68. The van der Waals surface area contributed by atoms with E-state index in [1.165, 1.54) is 11.0 Å². The molecule has 0 aliphatic heterocycles. The van der Waals surface area contributed by atoms with Crippen LogP contribution >= 0.6 is 11.6 Å². The van der Waals surface area contributed by atoms with Crippen LogP contribution in [0.2, 0.25) is 5.22 Å². The Morgan fingerprint density at radius 1 is 1.55 bits per heavy atom. The quantitative estimate of drug-likeness (QED) is 0.647. The summed E-state index contributed by atoms with van der Waals surface area (Å²) in [4.78, 5) is 12.6. The van der Waals surface area contributed by atoms with Crippen molar-refractivity contribution in [2.75, 3.05) is 14.1 Å². The van der Waals surface area contributed by atoms with Gasteiger partial charge in [-0.25, -0.2) is 0 Å². The van der Waals surface area contributed by atoms with Gasteiger partial charge in [-0.15, -0.1) is 0 Å². The van der Waals surface area contributed by atoms with Crippen LogP contribution in [0.25, 0.3) is 0 Å². The first kappa shape index (κ1) is 8.14. The number of nitrogens with zero attached hydrogens (tertiary/aromatic N) is 1. The number of carbonyl (C=O) groups excluding carboxylic acids is 1. The van der Waals surface area contributed by atoms with E-state index in [2.05, 4.69) is 0 Å². The van der Waals surface area contributed by atoms with E-state index < -0.39 is 0 Å². The molecular weight excluding hydrogens is 166 g/mol. The standard InChI is InChI=1S/C7H8ClNO2/c1-9(2)7(10)5-3-4-6(8)11-5/h3-4H,1-2H3. The maximum atomic E-state index is 11.1. The molecule has 1 aromatic heterocycles. The molecule has 0 aliphatic carbocycles. The van der Waals surface area contributed by atoms with Crippen LogP contribution in [0.15, 0.2) is 16.5 Å². The van der Waals surface area contributed by atoms with E-state index in [-0.39, 0.29) is 16.9 Å². The summed E-state index contributed by atoms with van der Waals surface area (Å²) >= 11 is 5.47. The fourth-order valence-corrected chi connectivity index (χ4v) is 0.796. The molecule has 0 spiro atoms. The van der Waals surface area contributed by atoms with Gasteiger partial charge in [0.05, 0.1) is 0 Å². The van der Waals surface area contributed by atoms with Gasteiger partial charge >= 0.3 is 0 Å². The minimum atomic E-state index is -0.183. The molecule has 0 saturated carbocycles. The zero-order chi connectivity index (χ0) is 8.43. The van der Waals surface area contributed by atoms with E-state index >= 15 is 0 Å². The molecule has 0 aliphatic rings. The minimum Gasteiger partial charge on any atom is -0.440 e. The molecule has 1 amide bonds. The van der Waals surface area contributed by atoms with Crippen molar-refractivity contribution in [2.24, 2.45) is 0 Å². The molecule has 0 radical (unpaired) electrons. The number of carbonyl (C=O) groups is 1. The Balaban J connectivity index is 2.85. The fraction of sp³-hybridized carbons (Fsp3) is 0.286. The van der Waals surface area contributed by atoms with Crippen molar-refractivity contribution in [3.63, 3.8) is 0 Å². The van der Waals surface area contributed by atoms with Gasteiger partial charge in [0.2, 0.25) is 0 Å². The number of halogens is 1. The highest BCUT2D eigenvalue weighted by atomic mass is 35.5. The molecular formula is C7H8ClNO2. The van der Waals surface area contributed by atoms with Crippen LogP contribution in [-0.2, 0) is 0 Å². The van der Waals surface area contributed by atoms with Crippen molar-refractivity contribution in [2.45, 2.75) is 0 Å². The SMILES string of the molecule is CN(C)C(=O)c1ccc(Cl)o1. The summed E-state index contributed by atoms with van der Waals surface area (Å²) in [6, 6.07) is 3.09. The van der Waals surface area contributed by atoms with E-state index in [1.54, 1.807) is 20.2 Å². The van der Waals surface area contributed by atoms with Crippen LogP contribution in [0.5, 0.6) is 0 Å². The van der Waals surface area contributed by atoms with Crippen LogP contribution < -0.4 is 0 Å². The van der Waals surface area contributed by atoms with Gasteiger partial charge in [0.15, 0.2) is 11.0 Å². The smallest absolute Gasteiger partial charge is 0.289 e. The first-order valence-electron chi connectivity index (χ1n) is 3.08. The van der Waals surface area contributed by atoms with Crippen molar-refractivity contribution < 1.29 is 9.21 Å². The maximum Gasteiger partial charge on any atom is 0.289 e. The van der Waals surface area contributed by atoms with Crippen LogP contribution in [0.4, 0.5) is 0 Å². The number of hydrogen-bond donors (Lipinski definition) is 0. The van der Waals surface area contributed by atoms with E-state index in [0.29, 0.717) is 0 Å². The summed E-state index contributed by atoms with van der Waals surface area (Å²) in [6.45, 7) is 0. The summed E-state index contributed by atoms with van der Waals surface area (Å²) < 4.78 is 4.88. The second kappa shape index (κ2) is 2.96. The van der Waals surface area contributed by atoms with Crippen molar-refractivity contribution >= 4 is 17.5 Å². The van der Waals surface area contributed by atoms with Gasteiger partial charge in [-0.2, -0.15) is 0 Å². The van der Waals surface area contributed by atoms with Crippen LogP contribution in [0.3, 0.4) is 0 Å². The van der Waals surface area contributed by atoms with Crippen molar-refractivity contribution in [1.82, 2.24) is 4.90 Å². The lowest BCUT2D eigenvalue weighted by Gasteiger charge is -2.06. The molecule has 3 nitrogen and oxygen atoms in total. The minimum absolute atomic E-state index is 0.183. The molecule has 60 valence electrons. The third-order valence-corrected chi connectivity index (χ3v) is 1.39. The van der Waals surface area contributed by atoms with Gasteiger partial charge in [0.1, 0.15) is 0 Å². The lowest BCUT2D eigenvalue weighted by Crippen LogP contribution is -2.20. The van der Waals surface area contributed by atoms with Gasteiger partial charge in [0.25, 0.3) is 5.91 Å². The van der Waals surface area contributed by atoms with E-state index in [9.17, 15) is 4.79 Å². The van der Waals surface area contributed by atoms with Crippen LogP contribution in [0, 0.1) is 0 Å². The lowest BCUT2D eigenvalue weighted by molar-refractivity contribution is 0.0797. The summed E-state index contributed by atoms with van der Waals surface area (Å²) in [7, 11) is 3.30. The monoisotopic (exact) mass is 173 g/mol. The summed E-state index contributed by atoms with van der Waals surface area (Å²) in [5.41, 5.74) is 0. The van der Waals surface area contributed by atoms with E-state index in [4.69, 9.17) is 16.0 Å². The summed E-state index contributed by atoms with van der Waals surface area (Å²) in [6.07, 6.45) is 0. The number of rotatable bonds is 1. The molecule has 4 heteroatoms. The molecule has 0 fully saturated rings. The van der Waals surface area contributed by atoms with Crippen molar-refractivity contribution in [1.29, 1.82) is 0 Å². The van der Waals surface area contributed by atoms with Crippen LogP contribution in [0.1, 0.15) is 10.6 Å². The Morgan fingerprint density at radius 2 is 2.18 bits per heavy atom. The van der Waals surface area contributed by atoms with Gasteiger partial charge < -0.3 is 9.32 Å². The van der Waals surface area contributed by atoms with Gasteiger partial charge in [0, 0.05) is 14.1 Å². The molecule has 1 rings (SSSR count). The Labute approximate surface area is 69.5 Å². The Morgan fingerprint density at radius 3 is 2.55 bits per heavy atom. The average Bonchev–Trinajstić information content (AvgIpc) is 2.34. The first-order chi connectivity index (χ1) is 5.11. The van der Waals surface area contributed by atoms with Crippen molar-refractivity contribution in [3.05, 3.63) is 23.1 Å². The lowest BCUT2D eigenvalue weighted by atomic mass is 10.4. The fourth-order valence-electron chi connectivity index (χ4n) is 0.650. The highest BCUT2D eigenvalue weighted by Crippen LogP contribution is 2.13. The van der Waals surface area contributed by atoms with Gasteiger partial charge in [-0.05, 0) is 23.7 Å². The maximum absolute atomic E-state index is 11.1. The first-order valence-corrected chi connectivity index (χ1v) is 3.46. The van der Waals surface area contributed by atoms with Gasteiger partial charge in [-0.1, -0.05) is 0 Å². The molecule has 0 saturated heterocycles. The largest absolute Gasteiger partial charge is 0.440 e. The Bertz CT molecular complexity index is 267. The molecule has 0 N–H and O–H groups in total. The zero-order valence-corrected chi connectivity index (χ0v) is 7.05. The molecule has 1 aromatic rings. The predicted octanol–water partition coefficient (Wildman–Crippen LogP) is 1.63. The normalized spacial score (nSPS) is 9.73. The number of amides is 1. The summed E-state index contributed by atoms with van der Waals surface area (Å²) in [5, 5.41) is 0.232. The predicted molar refractivity (Wildman–Crippen MR) is 41.7 cm³/mol.